The number of nitrogens with zero attached hydrogens (tertiary/aromatic N) is 3. The highest BCUT2D eigenvalue weighted by atomic mass is 32.2. The lowest BCUT2D eigenvalue weighted by molar-refractivity contribution is 0.601. The summed E-state index contributed by atoms with van der Waals surface area (Å²) in [7, 11) is 0.492. The molecule has 0 fully saturated rings. The third-order valence-corrected chi connectivity index (χ3v) is 5.91. The smallest absolute Gasteiger partial charge is 0.191 e. The minimum Gasteiger partial charge on any atom is -0.356 e. The van der Waals surface area contributed by atoms with Gasteiger partial charge in [0.05, 0.1) is 10.6 Å². The van der Waals surface area contributed by atoms with Gasteiger partial charge in [0.25, 0.3) is 0 Å². The molecule has 0 aliphatic carbocycles. The topological polar surface area (TPSA) is 88.4 Å². The summed E-state index contributed by atoms with van der Waals surface area (Å²) >= 11 is 0. The summed E-state index contributed by atoms with van der Waals surface area (Å²) in [6.07, 6.45) is 2.10. The van der Waals surface area contributed by atoms with E-state index in [2.05, 4.69) is 27.6 Å². The van der Waals surface area contributed by atoms with Crippen LogP contribution < -0.4 is 10.6 Å². The largest absolute Gasteiger partial charge is 0.356 e. The molecule has 7 nitrogen and oxygen atoms in total. The molecule has 8 heteroatoms. The molecule has 0 unspecified atom stereocenters. The van der Waals surface area contributed by atoms with Gasteiger partial charge < -0.3 is 10.6 Å². The van der Waals surface area contributed by atoms with E-state index in [-0.39, 0.29) is 0 Å². The fraction of sp³-hybridized carbons (Fsp3) is 0.474. The van der Waals surface area contributed by atoms with Gasteiger partial charge in [0.1, 0.15) is 0 Å². The first-order valence-corrected chi connectivity index (χ1v) is 10.8. The van der Waals surface area contributed by atoms with Crippen molar-refractivity contribution in [2.24, 2.45) is 12.0 Å². The van der Waals surface area contributed by atoms with Gasteiger partial charge in [0, 0.05) is 39.1 Å². The number of aliphatic imine (C=N–C) groups is 1. The summed E-state index contributed by atoms with van der Waals surface area (Å²) in [4.78, 5) is 4.61. The van der Waals surface area contributed by atoms with Crippen molar-refractivity contribution >= 4 is 15.8 Å². The maximum atomic E-state index is 11.7. The van der Waals surface area contributed by atoms with Crippen LogP contribution in [0.3, 0.4) is 0 Å². The molecule has 0 saturated heterocycles. The number of hydrogen-bond acceptors (Lipinski definition) is 4. The van der Waals surface area contributed by atoms with E-state index in [4.69, 9.17) is 0 Å². The van der Waals surface area contributed by atoms with Gasteiger partial charge in [-0.2, -0.15) is 5.10 Å². The maximum Gasteiger partial charge on any atom is 0.191 e. The Bertz CT molecular complexity index is 945. The molecule has 2 rings (SSSR count). The number of hydrogen-bond donors (Lipinski definition) is 2. The van der Waals surface area contributed by atoms with Crippen LogP contribution in [0.4, 0.5) is 0 Å². The van der Waals surface area contributed by atoms with E-state index in [0.717, 1.165) is 29.8 Å². The zero-order valence-electron chi connectivity index (χ0n) is 16.9. The van der Waals surface area contributed by atoms with E-state index in [9.17, 15) is 8.42 Å². The van der Waals surface area contributed by atoms with Crippen molar-refractivity contribution in [2.45, 2.75) is 38.6 Å². The summed E-state index contributed by atoms with van der Waals surface area (Å²) < 4.78 is 25.3. The number of nitrogens with one attached hydrogen (secondary N) is 2. The molecule has 0 aliphatic heterocycles. The quantitative estimate of drug-likeness (QED) is 0.577. The first-order valence-electron chi connectivity index (χ1n) is 8.86. The van der Waals surface area contributed by atoms with Crippen LogP contribution in [0.2, 0.25) is 0 Å². The van der Waals surface area contributed by atoms with Crippen LogP contribution in [-0.2, 0) is 29.9 Å². The zero-order valence-corrected chi connectivity index (χ0v) is 17.7. The summed E-state index contributed by atoms with van der Waals surface area (Å²) in [5, 5.41) is 11.0. The SMILES string of the molecule is CN=C(NCCc1c(C)nn(C)c1C)NCc1ccc(S(C)(=O)=O)c(C)c1. The molecule has 1 aromatic carbocycles. The van der Waals surface area contributed by atoms with Gasteiger partial charge in [-0.1, -0.05) is 12.1 Å². The number of benzene rings is 1. The average molecular weight is 392 g/mol. The molecule has 0 amide bonds. The number of rotatable bonds is 6. The van der Waals surface area contributed by atoms with E-state index < -0.39 is 9.84 Å². The van der Waals surface area contributed by atoms with Crippen LogP contribution in [-0.4, -0.2) is 44.0 Å². The van der Waals surface area contributed by atoms with Crippen LogP contribution in [0.5, 0.6) is 0 Å². The normalized spacial score (nSPS) is 12.3. The van der Waals surface area contributed by atoms with Gasteiger partial charge in [-0.25, -0.2) is 8.42 Å². The van der Waals surface area contributed by atoms with Gasteiger partial charge in [-0.3, -0.25) is 9.67 Å². The van der Waals surface area contributed by atoms with Gasteiger partial charge in [-0.05, 0) is 49.9 Å². The highest BCUT2D eigenvalue weighted by molar-refractivity contribution is 7.90. The molecule has 0 atom stereocenters. The van der Waals surface area contributed by atoms with E-state index >= 15 is 0 Å². The lowest BCUT2D eigenvalue weighted by atomic mass is 10.1. The third-order valence-electron chi connectivity index (χ3n) is 4.65. The van der Waals surface area contributed by atoms with Gasteiger partial charge in [-0.15, -0.1) is 0 Å². The van der Waals surface area contributed by atoms with Gasteiger partial charge in [0.2, 0.25) is 0 Å². The molecule has 0 aliphatic rings. The molecule has 0 saturated carbocycles. The Morgan fingerprint density at radius 1 is 1.22 bits per heavy atom. The lowest BCUT2D eigenvalue weighted by Gasteiger charge is -2.13. The van der Waals surface area contributed by atoms with E-state index in [1.54, 1.807) is 13.1 Å². The molecule has 0 bridgehead atoms. The molecule has 0 spiro atoms. The van der Waals surface area contributed by atoms with Crippen molar-refractivity contribution in [1.82, 2.24) is 20.4 Å². The average Bonchev–Trinajstić information content (AvgIpc) is 2.82. The first-order chi connectivity index (χ1) is 12.6. The number of aryl methyl sites for hydroxylation is 3. The Balaban J connectivity index is 1.91. The molecule has 2 N–H and O–H groups in total. The number of sulfone groups is 1. The molecular weight excluding hydrogens is 362 g/mol. The van der Waals surface area contributed by atoms with Gasteiger partial charge in [0.15, 0.2) is 15.8 Å². The molecule has 27 heavy (non-hydrogen) atoms. The summed E-state index contributed by atoms with van der Waals surface area (Å²) in [5.41, 5.74) is 5.25. The van der Waals surface area contributed by atoms with Crippen molar-refractivity contribution in [3.63, 3.8) is 0 Å². The Labute approximate surface area is 161 Å². The highest BCUT2D eigenvalue weighted by Crippen LogP contribution is 2.16. The summed E-state index contributed by atoms with van der Waals surface area (Å²) in [6.45, 7) is 7.23. The van der Waals surface area contributed by atoms with Crippen molar-refractivity contribution in [1.29, 1.82) is 0 Å². The van der Waals surface area contributed by atoms with Crippen LogP contribution in [0.25, 0.3) is 0 Å². The molecule has 0 radical (unpaired) electrons. The molecule has 1 aromatic heterocycles. The summed E-state index contributed by atoms with van der Waals surface area (Å²) in [5.74, 6) is 0.707. The molecule has 2 aromatic rings. The third kappa shape index (κ3) is 5.32. The van der Waals surface area contributed by atoms with E-state index in [0.29, 0.717) is 17.4 Å². The first kappa shape index (κ1) is 21.0. The fourth-order valence-electron chi connectivity index (χ4n) is 3.13. The predicted molar refractivity (Wildman–Crippen MR) is 109 cm³/mol. The standard InChI is InChI=1S/C19H29N5O2S/c1-13-11-16(7-8-18(13)27(6,25)26)12-22-19(20-4)21-10-9-17-14(2)23-24(5)15(17)3/h7-8,11H,9-10,12H2,1-6H3,(H2,20,21,22). The fourth-order valence-corrected chi connectivity index (χ4v) is 4.09. The second-order valence-corrected chi connectivity index (χ2v) is 8.73. The van der Waals surface area contributed by atoms with Crippen molar-refractivity contribution < 1.29 is 8.42 Å². The van der Waals surface area contributed by atoms with E-state index in [1.165, 1.54) is 17.5 Å². The summed E-state index contributed by atoms with van der Waals surface area (Å²) in [6, 6.07) is 5.37. The minimum atomic E-state index is -3.19. The zero-order chi connectivity index (χ0) is 20.2. The monoisotopic (exact) mass is 391 g/mol. The van der Waals surface area contributed by atoms with Crippen LogP contribution in [0.1, 0.15) is 28.1 Å². The second-order valence-electron chi connectivity index (χ2n) is 6.75. The second kappa shape index (κ2) is 8.56. The Morgan fingerprint density at radius 3 is 2.44 bits per heavy atom. The number of aromatic nitrogens is 2. The Kier molecular flexibility index (Phi) is 6.64. The van der Waals surface area contributed by atoms with Crippen LogP contribution in [0, 0.1) is 20.8 Å². The predicted octanol–water partition coefficient (Wildman–Crippen LogP) is 1.66. The van der Waals surface area contributed by atoms with Crippen LogP contribution in [0.15, 0.2) is 28.1 Å². The number of guanidine groups is 1. The lowest BCUT2D eigenvalue weighted by Crippen LogP contribution is -2.38. The van der Waals surface area contributed by atoms with Crippen molar-refractivity contribution in [3.8, 4) is 0 Å². The Hall–Kier alpha value is -2.35. The Morgan fingerprint density at radius 2 is 1.93 bits per heavy atom. The minimum absolute atomic E-state index is 0.371. The molecule has 1 heterocycles. The molecule has 148 valence electrons. The van der Waals surface area contributed by atoms with Crippen molar-refractivity contribution in [2.75, 3.05) is 19.8 Å². The van der Waals surface area contributed by atoms with Crippen molar-refractivity contribution in [3.05, 3.63) is 46.3 Å². The maximum absolute atomic E-state index is 11.7. The van der Waals surface area contributed by atoms with Crippen LogP contribution >= 0.6 is 0 Å². The highest BCUT2D eigenvalue weighted by Gasteiger charge is 2.11. The van der Waals surface area contributed by atoms with Gasteiger partial charge >= 0.3 is 0 Å². The molecular formula is C19H29N5O2S. The van der Waals surface area contributed by atoms with E-state index in [1.807, 2.05) is 37.7 Å².